The fourth-order valence-corrected chi connectivity index (χ4v) is 3.54. The summed E-state index contributed by atoms with van der Waals surface area (Å²) >= 11 is 0.781. The number of nitro groups is 1. The summed E-state index contributed by atoms with van der Waals surface area (Å²) in [5, 5.41) is 10.7. The number of ether oxygens (including phenoxy) is 2. The number of para-hydroxylation sites is 1. The van der Waals surface area contributed by atoms with Gasteiger partial charge >= 0.3 is 0 Å². The molecule has 0 spiro atoms. The van der Waals surface area contributed by atoms with Crippen LogP contribution in [0.4, 0.5) is 10.5 Å². The van der Waals surface area contributed by atoms with Gasteiger partial charge in [0, 0.05) is 23.3 Å². The van der Waals surface area contributed by atoms with Gasteiger partial charge in [-0.15, -0.1) is 0 Å². The molecule has 144 valence electrons. The second-order valence-corrected chi connectivity index (χ2v) is 6.75. The first kappa shape index (κ1) is 19.4. The molecule has 0 bridgehead atoms. The fraction of sp³-hybridized carbons (Fsp3) is 0.158. The molecule has 1 heterocycles. The van der Waals surface area contributed by atoms with E-state index in [-0.39, 0.29) is 22.7 Å². The highest BCUT2D eigenvalue weighted by Crippen LogP contribution is 2.36. The lowest BCUT2D eigenvalue weighted by molar-refractivity contribution is -0.385. The first-order valence-corrected chi connectivity index (χ1v) is 8.96. The Morgan fingerprint density at radius 2 is 1.89 bits per heavy atom. The summed E-state index contributed by atoms with van der Waals surface area (Å²) in [7, 11) is 3.02. The minimum atomic E-state index is -0.535. The summed E-state index contributed by atoms with van der Waals surface area (Å²) in [4.78, 5) is 36.9. The zero-order valence-corrected chi connectivity index (χ0v) is 15.9. The number of rotatable bonds is 6. The van der Waals surface area contributed by atoms with Gasteiger partial charge in [0.25, 0.3) is 16.8 Å². The first-order valence-electron chi connectivity index (χ1n) is 8.14. The summed E-state index contributed by atoms with van der Waals surface area (Å²) in [6.07, 6.45) is 1.56. The molecule has 0 radical (unpaired) electrons. The van der Waals surface area contributed by atoms with Gasteiger partial charge < -0.3 is 9.47 Å². The molecule has 1 saturated heterocycles. The van der Waals surface area contributed by atoms with E-state index in [1.54, 1.807) is 30.3 Å². The maximum atomic E-state index is 12.7. The third-order valence-corrected chi connectivity index (χ3v) is 5.02. The second-order valence-electron chi connectivity index (χ2n) is 5.76. The first-order chi connectivity index (χ1) is 13.4. The van der Waals surface area contributed by atoms with Crippen LogP contribution in [0.1, 0.15) is 11.1 Å². The summed E-state index contributed by atoms with van der Waals surface area (Å²) in [6, 6.07) is 11.1. The number of amides is 2. The smallest absolute Gasteiger partial charge is 0.293 e. The lowest BCUT2D eigenvalue weighted by atomic mass is 10.1. The van der Waals surface area contributed by atoms with Crippen LogP contribution in [0.2, 0.25) is 0 Å². The molecule has 0 aromatic heterocycles. The van der Waals surface area contributed by atoms with E-state index in [2.05, 4.69) is 0 Å². The van der Waals surface area contributed by atoms with Crippen LogP contribution in [0.5, 0.6) is 11.5 Å². The third kappa shape index (κ3) is 3.84. The molecule has 2 aromatic rings. The van der Waals surface area contributed by atoms with E-state index in [4.69, 9.17) is 9.47 Å². The number of hydrogen-bond acceptors (Lipinski definition) is 7. The third-order valence-electron chi connectivity index (χ3n) is 4.12. The van der Waals surface area contributed by atoms with Gasteiger partial charge in [-0.2, -0.15) is 0 Å². The Hall–Kier alpha value is -3.33. The topological polar surface area (TPSA) is 99.0 Å². The van der Waals surface area contributed by atoms with Crippen molar-refractivity contribution in [2.24, 2.45) is 0 Å². The average Bonchev–Trinajstić information content (AvgIpc) is 2.96. The fourth-order valence-electron chi connectivity index (χ4n) is 2.71. The van der Waals surface area contributed by atoms with Gasteiger partial charge in [-0.25, -0.2) is 0 Å². The number of hydrogen-bond donors (Lipinski definition) is 0. The molecule has 0 N–H and O–H groups in total. The van der Waals surface area contributed by atoms with Gasteiger partial charge in [0.15, 0.2) is 0 Å². The lowest BCUT2D eigenvalue weighted by Crippen LogP contribution is -2.27. The molecule has 0 saturated carbocycles. The molecule has 1 aliphatic heterocycles. The number of thioether (sulfide) groups is 1. The van der Waals surface area contributed by atoms with Crippen LogP contribution in [-0.2, 0) is 11.3 Å². The Labute approximate surface area is 164 Å². The number of carbonyl (C=O) groups is 2. The van der Waals surface area contributed by atoms with Crippen LogP contribution in [-0.4, -0.2) is 35.2 Å². The van der Waals surface area contributed by atoms with E-state index < -0.39 is 16.1 Å². The molecule has 0 aliphatic carbocycles. The Balaban J connectivity index is 1.88. The summed E-state index contributed by atoms with van der Waals surface area (Å²) in [5.74, 6) is 0.578. The Morgan fingerprint density at radius 1 is 1.14 bits per heavy atom. The SMILES string of the molecule is COc1ccc(/C=C2\SC(=O)N(Cc3ccccc3[N+](=O)[O-])C2=O)c(OC)c1. The quantitative estimate of drug-likeness (QED) is 0.412. The van der Waals surface area contributed by atoms with Crippen molar-refractivity contribution in [3.8, 4) is 11.5 Å². The Kier molecular flexibility index (Phi) is 5.65. The number of imide groups is 1. The summed E-state index contributed by atoms with van der Waals surface area (Å²) < 4.78 is 10.4. The van der Waals surface area contributed by atoms with Crippen molar-refractivity contribution in [3.63, 3.8) is 0 Å². The van der Waals surface area contributed by atoms with Crippen molar-refractivity contribution in [2.75, 3.05) is 14.2 Å². The van der Waals surface area contributed by atoms with Crippen LogP contribution in [0.15, 0.2) is 47.4 Å². The Bertz CT molecular complexity index is 988. The normalized spacial score (nSPS) is 15.2. The van der Waals surface area contributed by atoms with E-state index >= 15 is 0 Å². The highest BCUT2D eigenvalue weighted by Gasteiger charge is 2.36. The van der Waals surface area contributed by atoms with E-state index in [0.717, 1.165) is 16.7 Å². The molecule has 0 unspecified atom stereocenters. The predicted molar refractivity (Wildman–Crippen MR) is 104 cm³/mol. The van der Waals surface area contributed by atoms with E-state index in [1.807, 2.05) is 0 Å². The van der Waals surface area contributed by atoms with Gasteiger partial charge in [0.05, 0.1) is 30.6 Å². The van der Waals surface area contributed by atoms with Gasteiger partial charge in [-0.1, -0.05) is 18.2 Å². The predicted octanol–water partition coefficient (Wildman–Crippen LogP) is 3.85. The van der Waals surface area contributed by atoms with E-state index in [1.165, 1.54) is 32.4 Å². The summed E-state index contributed by atoms with van der Waals surface area (Å²) in [5.41, 5.74) is 0.764. The maximum Gasteiger partial charge on any atom is 0.293 e. The van der Waals surface area contributed by atoms with Crippen LogP contribution in [0.3, 0.4) is 0 Å². The standard InChI is InChI=1S/C19H16N2O6S/c1-26-14-8-7-12(16(10-14)27-2)9-17-18(22)20(19(23)28-17)11-13-5-3-4-6-15(13)21(24)25/h3-10H,11H2,1-2H3/b17-9-. The van der Waals surface area contributed by atoms with Crippen LogP contribution < -0.4 is 9.47 Å². The van der Waals surface area contributed by atoms with E-state index in [9.17, 15) is 19.7 Å². The van der Waals surface area contributed by atoms with Gasteiger partial charge in [0.2, 0.25) is 0 Å². The molecule has 0 atom stereocenters. The van der Waals surface area contributed by atoms with Crippen LogP contribution in [0.25, 0.3) is 6.08 Å². The molecule has 3 rings (SSSR count). The van der Waals surface area contributed by atoms with Crippen molar-refractivity contribution >= 4 is 34.7 Å². The zero-order valence-electron chi connectivity index (χ0n) is 15.1. The molecule has 1 fully saturated rings. The van der Waals surface area contributed by atoms with Gasteiger partial charge in [-0.05, 0) is 30.0 Å². The molecule has 1 aliphatic rings. The van der Waals surface area contributed by atoms with Gasteiger partial charge in [-0.3, -0.25) is 24.6 Å². The van der Waals surface area contributed by atoms with Crippen molar-refractivity contribution in [3.05, 3.63) is 68.6 Å². The minimum absolute atomic E-state index is 0.137. The van der Waals surface area contributed by atoms with Crippen molar-refractivity contribution < 1.29 is 24.0 Å². The summed E-state index contributed by atoms with van der Waals surface area (Å²) in [6.45, 7) is -0.168. The molecular weight excluding hydrogens is 384 g/mol. The number of methoxy groups -OCH3 is 2. The molecule has 2 amide bonds. The molecule has 2 aromatic carbocycles. The second kappa shape index (κ2) is 8.13. The largest absolute Gasteiger partial charge is 0.497 e. The maximum absolute atomic E-state index is 12.7. The van der Waals surface area contributed by atoms with E-state index in [0.29, 0.717) is 17.1 Å². The highest BCUT2D eigenvalue weighted by atomic mass is 32.2. The zero-order chi connectivity index (χ0) is 20.3. The van der Waals surface area contributed by atoms with Crippen LogP contribution in [0, 0.1) is 10.1 Å². The number of carbonyl (C=O) groups excluding carboxylic acids is 2. The number of benzene rings is 2. The van der Waals surface area contributed by atoms with Gasteiger partial charge in [0.1, 0.15) is 11.5 Å². The highest BCUT2D eigenvalue weighted by molar-refractivity contribution is 8.18. The van der Waals surface area contributed by atoms with Crippen molar-refractivity contribution in [1.82, 2.24) is 4.90 Å². The Morgan fingerprint density at radius 3 is 2.57 bits per heavy atom. The molecule has 9 heteroatoms. The average molecular weight is 400 g/mol. The number of nitrogens with zero attached hydrogens (tertiary/aromatic N) is 2. The molecule has 8 nitrogen and oxygen atoms in total. The van der Waals surface area contributed by atoms with Crippen molar-refractivity contribution in [2.45, 2.75) is 6.54 Å². The monoisotopic (exact) mass is 400 g/mol. The van der Waals surface area contributed by atoms with Crippen LogP contribution >= 0.6 is 11.8 Å². The van der Waals surface area contributed by atoms with Crippen molar-refractivity contribution in [1.29, 1.82) is 0 Å². The number of nitro benzene ring substituents is 1. The lowest BCUT2D eigenvalue weighted by Gasteiger charge is -2.12. The minimum Gasteiger partial charge on any atom is -0.497 e. The molecular formula is C19H16N2O6S. The molecule has 28 heavy (non-hydrogen) atoms.